The molecule has 74 valence electrons. The Balaban J connectivity index is 2.74. The third-order valence-electron chi connectivity index (χ3n) is 2.38. The smallest absolute Gasteiger partial charge is 0.181 e. The normalized spacial score (nSPS) is 11.4. The standard InChI is InChI=1S/C10H14N4/c1-5(2)9-7-4-8(11)6(3)12-10(7)14-13-9/h4-5H,11H2,1-3H3,(H,12,13,14). The summed E-state index contributed by atoms with van der Waals surface area (Å²) in [6, 6.07) is 1.94. The van der Waals surface area contributed by atoms with Crippen LogP contribution in [0.1, 0.15) is 31.2 Å². The van der Waals surface area contributed by atoms with Gasteiger partial charge in [0.15, 0.2) is 5.65 Å². The molecule has 0 aliphatic rings. The van der Waals surface area contributed by atoms with Gasteiger partial charge in [-0.25, -0.2) is 4.98 Å². The number of aryl methyl sites for hydroxylation is 1. The van der Waals surface area contributed by atoms with Crippen LogP contribution < -0.4 is 5.73 Å². The van der Waals surface area contributed by atoms with E-state index in [1.807, 2.05) is 13.0 Å². The van der Waals surface area contributed by atoms with E-state index in [1.165, 1.54) is 0 Å². The van der Waals surface area contributed by atoms with Gasteiger partial charge in [-0.3, -0.25) is 5.10 Å². The number of rotatable bonds is 1. The molecule has 0 fully saturated rings. The summed E-state index contributed by atoms with van der Waals surface area (Å²) in [6.45, 7) is 6.12. The number of nitrogens with two attached hydrogens (primary N) is 1. The number of nitrogens with zero attached hydrogens (tertiary/aromatic N) is 2. The second kappa shape index (κ2) is 2.97. The minimum atomic E-state index is 0.406. The summed E-state index contributed by atoms with van der Waals surface area (Å²) in [5.74, 6) is 0.406. The van der Waals surface area contributed by atoms with Crippen LogP contribution in [0.25, 0.3) is 11.0 Å². The Morgan fingerprint density at radius 1 is 1.43 bits per heavy atom. The molecule has 2 heterocycles. The van der Waals surface area contributed by atoms with Crippen LogP contribution in [0, 0.1) is 6.92 Å². The van der Waals surface area contributed by atoms with E-state index in [2.05, 4.69) is 29.0 Å². The second-order valence-electron chi connectivity index (χ2n) is 3.83. The topological polar surface area (TPSA) is 67.6 Å². The third-order valence-corrected chi connectivity index (χ3v) is 2.38. The van der Waals surface area contributed by atoms with Crippen molar-refractivity contribution in [1.29, 1.82) is 0 Å². The Kier molecular flexibility index (Phi) is 1.91. The van der Waals surface area contributed by atoms with Crippen molar-refractivity contribution in [1.82, 2.24) is 15.2 Å². The summed E-state index contributed by atoms with van der Waals surface area (Å²) >= 11 is 0. The third kappa shape index (κ3) is 1.23. The van der Waals surface area contributed by atoms with Crippen molar-refractivity contribution < 1.29 is 0 Å². The van der Waals surface area contributed by atoms with Crippen LogP contribution in [-0.4, -0.2) is 15.2 Å². The van der Waals surface area contributed by atoms with Gasteiger partial charge in [0.05, 0.1) is 11.4 Å². The molecule has 2 aromatic rings. The van der Waals surface area contributed by atoms with Gasteiger partial charge >= 0.3 is 0 Å². The van der Waals surface area contributed by atoms with E-state index in [0.717, 1.165) is 28.1 Å². The maximum atomic E-state index is 5.81. The highest BCUT2D eigenvalue weighted by Crippen LogP contribution is 2.24. The number of aromatic nitrogens is 3. The lowest BCUT2D eigenvalue weighted by atomic mass is 10.1. The Morgan fingerprint density at radius 2 is 2.14 bits per heavy atom. The Bertz CT molecular complexity index is 470. The molecule has 0 atom stereocenters. The second-order valence-corrected chi connectivity index (χ2v) is 3.83. The average molecular weight is 190 g/mol. The van der Waals surface area contributed by atoms with Gasteiger partial charge in [0.1, 0.15) is 0 Å². The first-order valence-corrected chi connectivity index (χ1v) is 4.70. The zero-order valence-electron chi connectivity index (χ0n) is 8.63. The quantitative estimate of drug-likeness (QED) is 0.722. The average Bonchev–Trinajstić information content (AvgIpc) is 2.48. The maximum absolute atomic E-state index is 5.81. The van der Waals surface area contributed by atoms with Gasteiger partial charge in [-0.15, -0.1) is 0 Å². The lowest BCUT2D eigenvalue weighted by Crippen LogP contribution is -1.94. The van der Waals surface area contributed by atoms with Gasteiger partial charge in [0.25, 0.3) is 0 Å². The van der Waals surface area contributed by atoms with Gasteiger partial charge in [-0.05, 0) is 18.9 Å². The van der Waals surface area contributed by atoms with E-state index in [1.54, 1.807) is 0 Å². The molecule has 0 bridgehead atoms. The fraction of sp³-hybridized carbons (Fsp3) is 0.400. The number of hydrogen-bond acceptors (Lipinski definition) is 3. The molecule has 0 amide bonds. The molecule has 4 heteroatoms. The first kappa shape index (κ1) is 8.99. The summed E-state index contributed by atoms with van der Waals surface area (Å²) in [7, 11) is 0. The monoisotopic (exact) mass is 190 g/mol. The molecule has 0 aliphatic carbocycles. The number of fused-ring (bicyclic) bond motifs is 1. The lowest BCUT2D eigenvalue weighted by molar-refractivity contribution is 0.817. The molecule has 3 N–H and O–H groups in total. The van der Waals surface area contributed by atoms with E-state index < -0.39 is 0 Å². The molecular formula is C10H14N4. The van der Waals surface area contributed by atoms with Crippen LogP contribution in [0.3, 0.4) is 0 Å². The molecule has 2 aromatic heterocycles. The van der Waals surface area contributed by atoms with Crippen molar-refractivity contribution >= 4 is 16.7 Å². The summed E-state index contributed by atoms with van der Waals surface area (Å²) in [5, 5.41) is 8.18. The SMILES string of the molecule is Cc1nc2n[nH]c(C(C)C)c2cc1N. The first-order chi connectivity index (χ1) is 6.59. The number of nitrogens with one attached hydrogen (secondary N) is 1. The van der Waals surface area contributed by atoms with E-state index in [0.29, 0.717) is 5.92 Å². The van der Waals surface area contributed by atoms with Gasteiger partial charge in [0.2, 0.25) is 0 Å². The molecule has 4 nitrogen and oxygen atoms in total. The van der Waals surface area contributed by atoms with Gasteiger partial charge < -0.3 is 5.73 Å². The van der Waals surface area contributed by atoms with Crippen molar-refractivity contribution in [3.63, 3.8) is 0 Å². The van der Waals surface area contributed by atoms with E-state index >= 15 is 0 Å². The minimum Gasteiger partial charge on any atom is -0.397 e. The first-order valence-electron chi connectivity index (χ1n) is 4.70. The van der Waals surface area contributed by atoms with Crippen molar-refractivity contribution in [2.45, 2.75) is 26.7 Å². The molecule has 0 aliphatic heterocycles. The maximum Gasteiger partial charge on any atom is 0.181 e. The highest BCUT2D eigenvalue weighted by molar-refractivity contribution is 5.82. The number of aromatic amines is 1. The molecule has 0 saturated carbocycles. The van der Waals surface area contributed by atoms with Crippen LogP contribution >= 0.6 is 0 Å². The number of pyridine rings is 1. The van der Waals surface area contributed by atoms with Crippen LogP contribution in [-0.2, 0) is 0 Å². The van der Waals surface area contributed by atoms with Crippen molar-refractivity contribution in [2.24, 2.45) is 0 Å². The predicted molar refractivity (Wildman–Crippen MR) is 57.1 cm³/mol. The zero-order chi connectivity index (χ0) is 10.3. The fourth-order valence-electron chi connectivity index (χ4n) is 1.51. The Morgan fingerprint density at radius 3 is 2.79 bits per heavy atom. The Hall–Kier alpha value is -1.58. The van der Waals surface area contributed by atoms with Crippen LogP contribution in [0.4, 0.5) is 5.69 Å². The number of nitrogen functional groups attached to an aromatic ring is 1. The lowest BCUT2D eigenvalue weighted by Gasteiger charge is -2.02. The highest BCUT2D eigenvalue weighted by atomic mass is 15.2. The molecular weight excluding hydrogens is 176 g/mol. The highest BCUT2D eigenvalue weighted by Gasteiger charge is 2.10. The minimum absolute atomic E-state index is 0.406. The van der Waals surface area contributed by atoms with Crippen LogP contribution in [0.15, 0.2) is 6.07 Å². The van der Waals surface area contributed by atoms with Gasteiger partial charge in [-0.2, -0.15) is 5.10 Å². The summed E-state index contributed by atoms with van der Waals surface area (Å²) in [4.78, 5) is 4.31. The molecule has 0 unspecified atom stereocenters. The van der Waals surface area contributed by atoms with Crippen LogP contribution in [0.5, 0.6) is 0 Å². The number of anilines is 1. The van der Waals surface area contributed by atoms with E-state index in [-0.39, 0.29) is 0 Å². The van der Waals surface area contributed by atoms with E-state index in [4.69, 9.17) is 5.73 Å². The fourth-order valence-corrected chi connectivity index (χ4v) is 1.51. The summed E-state index contributed by atoms with van der Waals surface area (Å²) in [5.41, 5.74) is 9.21. The number of hydrogen-bond donors (Lipinski definition) is 2. The largest absolute Gasteiger partial charge is 0.397 e. The number of H-pyrrole nitrogens is 1. The molecule has 0 saturated heterocycles. The van der Waals surface area contributed by atoms with E-state index in [9.17, 15) is 0 Å². The molecule has 14 heavy (non-hydrogen) atoms. The summed E-state index contributed by atoms with van der Waals surface area (Å²) < 4.78 is 0. The molecule has 2 rings (SSSR count). The van der Waals surface area contributed by atoms with Crippen LogP contribution in [0.2, 0.25) is 0 Å². The molecule has 0 aromatic carbocycles. The van der Waals surface area contributed by atoms with Crippen molar-refractivity contribution in [3.8, 4) is 0 Å². The predicted octanol–water partition coefficient (Wildman–Crippen LogP) is 1.97. The molecule has 0 radical (unpaired) electrons. The Labute approximate surface area is 82.5 Å². The molecule has 0 spiro atoms. The van der Waals surface area contributed by atoms with Crippen molar-refractivity contribution in [2.75, 3.05) is 5.73 Å². The van der Waals surface area contributed by atoms with Crippen molar-refractivity contribution in [3.05, 3.63) is 17.5 Å². The van der Waals surface area contributed by atoms with Gasteiger partial charge in [0, 0.05) is 11.1 Å². The zero-order valence-corrected chi connectivity index (χ0v) is 8.63. The van der Waals surface area contributed by atoms with Gasteiger partial charge in [-0.1, -0.05) is 13.8 Å². The summed E-state index contributed by atoms with van der Waals surface area (Å²) in [6.07, 6.45) is 0.